The lowest BCUT2D eigenvalue weighted by Crippen LogP contribution is -2.45. The van der Waals surface area contributed by atoms with Gasteiger partial charge in [0, 0.05) is 5.54 Å². The number of fused-ring (bicyclic) bond motifs is 1. The average molecular weight is 243 g/mol. The van der Waals surface area contributed by atoms with E-state index in [4.69, 9.17) is 5.73 Å². The van der Waals surface area contributed by atoms with Crippen LogP contribution in [-0.2, 0) is 19.3 Å². The summed E-state index contributed by atoms with van der Waals surface area (Å²) in [5, 5.41) is 0. The van der Waals surface area contributed by atoms with Crippen molar-refractivity contribution >= 4 is 0 Å². The van der Waals surface area contributed by atoms with Gasteiger partial charge in [0.2, 0.25) is 0 Å². The lowest BCUT2D eigenvalue weighted by Gasteiger charge is -2.36. The van der Waals surface area contributed by atoms with Crippen molar-refractivity contribution in [1.29, 1.82) is 0 Å². The van der Waals surface area contributed by atoms with Gasteiger partial charge in [-0.15, -0.1) is 0 Å². The maximum Gasteiger partial charge on any atom is 0.0195 e. The number of rotatable bonds is 2. The third kappa shape index (κ3) is 2.47. The molecule has 0 spiro atoms. The lowest BCUT2D eigenvalue weighted by molar-refractivity contribution is 0.243. The summed E-state index contributed by atoms with van der Waals surface area (Å²) in [4.78, 5) is 0. The first-order chi connectivity index (χ1) is 8.65. The molecule has 1 aromatic carbocycles. The van der Waals surface area contributed by atoms with Crippen molar-refractivity contribution in [3.8, 4) is 0 Å². The molecule has 0 unspecified atom stereocenters. The van der Waals surface area contributed by atoms with Gasteiger partial charge in [-0.25, -0.2) is 0 Å². The van der Waals surface area contributed by atoms with Gasteiger partial charge >= 0.3 is 0 Å². The molecule has 3 rings (SSSR count). The predicted molar refractivity (Wildman–Crippen MR) is 76.7 cm³/mol. The van der Waals surface area contributed by atoms with E-state index in [1.165, 1.54) is 50.5 Å². The SMILES string of the molecule is CC1CCC(N)(Cc2ccc3c(c2)CCC3)CC1. The molecule has 1 saturated carbocycles. The molecule has 1 heteroatoms. The van der Waals surface area contributed by atoms with Crippen LogP contribution in [0.3, 0.4) is 0 Å². The van der Waals surface area contributed by atoms with Crippen molar-refractivity contribution in [2.24, 2.45) is 11.7 Å². The molecule has 1 aromatic rings. The topological polar surface area (TPSA) is 26.0 Å². The minimum absolute atomic E-state index is 0.0688. The zero-order valence-corrected chi connectivity index (χ0v) is 11.5. The van der Waals surface area contributed by atoms with Crippen LogP contribution in [-0.4, -0.2) is 5.54 Å². The summed E-state index contributed by atoms with van der Waals surface area (Å²) in [5.41, 5.74) is 11.3. The summed E-state index contributed by atoms with van der Waals surface area (Å²) in [6.45, 7) is 2.36. The van der Waals surface area contributed by atoms with Gasteiger partial charge in [-0.1, -0.05) is 25.1 Å². The molecular formula is C17H25N. The zero-order chi connectivity index (χ0) is 12.6. The quantitative estimate of drug-likeness (QED) is 0.843. The maximum atomic E-state index is 6.60. The molecule has 2 N–H and O–H groups in total. The highest BCUT2D eigenvalue weighted by atomic mass is 14.7. The van der Waals surface area contributed by atoms with Gasteiger partial charge in [-0.05, 0) is 74.0 Å². The summed E-state index contributed by atoms with van der Waals surface area (Å²) in [7, 11) is 0. The average Bonchev–Trinajstić information content (AvgIpc) is 2.81. The van der Waals surface area contributed by atoms with E-state index in [1.807, 2.05) is 0 Å². The van der Waals surface area contributed by atoms with Crippen LogP contribution < -0.4 is 5.73 Å². The highest BCUT2D eigenvalue weighted by Crippen LogP contribution is 2.33. The molecule has 1 nitrogen and oxygen atoms in total. The van der Waals surface area contributed by atoms with Crippen LogP contribution in [0.25, 0.3) is 0 Å². The fourth-order valence-electron chi connectivity index (χ4n) is 3.66. The van der Waals surface area contributed by atoms with Gasteiger partial charge in [0.05, 0.1) is 0 Å². The smallest absolute Gasteiger partial charge is 0.0195 e. The van der Waals surface area contributed by atoms with Gasteiger partial charge in [0.1, 0.15) is 0 Å². The first-order valence-electron chi connectivity index (χ1n) is 7.54. The number of nitrogens with two attached hydrogens (primary N) is 1. The van der Waals surface area contributed by atoms with E-state index in [-0.39, 0.29) is 5.54 Å². The first kappa shape index (κ1) is 12.2. The van der Waals surface area contributed by atoms with Crippen LogP contribution in [0.1, 0.15) is 55.7 Å². The molecule has 0 bridgehead atoms. The van der Waals surface area contributed by atoms with Crippen LogP contribution >= 0.6 is 0 Å². The van der Waals surface area contributed by atoms with Crippen LogP contribution in [0, 0.1) is 5.92 Å². The van der Waals surface area contributed by atoms with Crippen molar-refractivity contribution in [3.05, 3.63) is 34.9 Å². The summed E-state index contributed by atoms with van der Waals surface area (Å²) >= 11 is 0. The first-order valence-corrected chi connectivity index (χ1v) is 7.54. The van der Waals surface area contributed by atoms with E-state index in [2.05, 4.69) is 25.1 Å². The third-order valence-corrected chi connectivity index (χ3v) is 4.99. The van der Waals surface area contributed by atoms with Crippen LogP contribution in [0.4, 0.5) is 0 Å². The predicted octanol–water partition coefficient (Wildman–Crippen LogP) is 3.63. The Morgan fingerprint density at radius 3 is 2.67 bits per heavy atom. The fraction of sp³-hybridized carbons (Fsp3) is 0.647. The highest BCUT2D eigenvalue weighted by Gasteiger charge is 2.30. The molecule has 0 aliphatic heterocycles. The van der Waals surface area contributed by atoms with E-state index in [0.29, 0.717) is 0 Å². The molecule has 2 aliphatic carbocycles. The molecule has 1 fully saturated rings. The van der Waals surface area contributed by atoms with Crippen LogP contribution in [0.5, 0.6) is 0 Å². The number of benzene rings is 1. The van der Waals surface area contributed by atoms with E-state index in [1.54, 1.807) is 11.1 Å². The van der Waals surface area contributed by atoms with Crippen molar-refractivity contribution < 1.29 is 0 Å². The number of aryl methyl sites for hydroxylation is 2. The summed E-state index contributed by atoms with van der Waals surface area (Å²) in [5.74, 6) is 0.877. The molecule has 0 radical (unpaired) electrons. The zero-order valence-electron chi connectivity index (χ0n) is 11.5. The van der Waals surface area contributed by atoms with Crippen molar-refractivity contribution in [3.63, 3.8) is 0 Å². The van der Waals surface area contributed by atoms with Gasteiger partial charge < -0.3 is 5.73 Å². The molecule has 0 heterocycles. The fourth-order valence-corrected chi connectivity index (χ4v) is 3.66. The van der Waals surface area contributed by atoms with Gasteiger partial charge in [-0.3, -0.25) is 0 Å². The van der Waals surface area contributed by atoms with E-state index >= 15 is 0 Å². The summed E-state index contributed by atoms with van der Waals surface area (Å²) < 4.78 is 0. The monoisotopic (exact) mass is 243 g/mol. The normalized spacial score (nSPS) is 31.3. The Labute approximate surface area is 111 Å². The highest BCUT2D eigenvalue weighted by molar-refractivity contribution is 5.36. The lowest BCUT2D eigenvalue weighted by atomic mass is 9.74. The standard InChI is InChI=1S/C17H25N/c1-13-7-9-17(18,10-8-13)12-14-5-6-15-3-2-4-16(15)11-14/h5-6,11,13H,2-4,7-10,12,18H2,1H3. The molecule has 18 heavy (non-hydrogen) atoms. The van der Waals surface area contributed by atoms with Gasteiger partial charge in [0.15, 0.2) is 0 Å². The van der Waals surface area contributed by atoms with Crippen LogP contribution in [0.2, 0.25) is 0 Å². The second-order valence-corrected chi connectivity index (χ2v) is 6.68. The Kier molecular flexibility index (Phi) is 3.19. The Balaban J connectivity index is 1.72. The molecular weight excluding hydrogens is 218 g/mol. The molecule has 0 amide bonds. The van der Waals surface area contributed by atoms with Gasteiger partial charge in [-0.2, -0.15) is 0 Å². The second kappa shape index (κ2) is 4.70. The van der Waals surface area contributed by atoms with Crippen LogP contribution in [0.15, 0.2) is 18.2 Å². The number of hydrogen-bond acceptors (Lipinski definition) is 1. The molecule has 0 atom stereocenters. The molecule has 98 valence electrons. The van der Waals surface area contributed by atoms with E-state index < -0.39 is 0 Å². The van der Waals surface area contributed by atoms with Crippen molar-refractivity contribution in [2.45, 2.75) is 63.8 Å². The second-order valence-electron chi connectivity index (χ2n) is 6.68. The van der Waals surface area contributed by atoms with E-state index in [0.717, 1.165) is 12.3 Å². The Bertz CT molecular complexity index is 427. The Morgan fingerprint density at radius 1 is 1.17 bits per heavy atom. The molecule has 0 aromatic heterocycles. The minimum Gasteiger partial charge on any atom is -0.325 e. The largest absolute Gasteiger partial charge is 0.325 e. The molecule has 0 saturated heterocycles. The summed E-state index contributed by atoms with van der Waals surface area (Å²) in [6, 6.07) is 7.08. The minimum atomic E-state index is 0.0688. The van der Waals surface area contributed by atoms with Crippen molar-refractivity contribution in [2.75, 3.05) is 0 Å². The molecule has 2 aliphatic rings. The summed E-state index contributed by atoms with van der Waals surface area (Å²) in [6.07, 6.45) is 9.98. The van der Waals surface area contributed by atoms with Crippen molar-refractivity contribution in [1.82, 2.24) is 0 Å². The number of hydrogen-bond donors (Lipinski definition) is 1. The van der Waals surface area contributed by atoms with Gasteiger partial charge in [0.25, 0.3) is 0 Å². The Hall–Kier alpha value is -0.820. The third-order valence-electron chi connectivity index (χ3n) is 4.99. The Morgan fingerprint density at radius 2 is 1.89 bits per heavy atom. The maximum absolute atomic E-state index is 6.60. The van der Waals surface area contributed by atoms with E-state index in [9.17, 15) is 0 Å².